The Morgan fingerprint density at radius 2 is 1.95 bits per heavy atom. The number of non-ortho nitro benzene ring substituents is 1. The van der Waals surface area contributed by atoms with Gasteiger partial charge in [-0.1, -0.05) is 13.8 Å². The van der Waals surface area contributed by atoms with Gasteiger partial charge in [-0.25, -0.2) is 4.79 Å². The van der Waals surface area contributed by atoms with E-state index in [1.807, 2.05) is 0 Å². The Hall–Kier alpha value is -1.99. The number of carbonyl (C=O) groups excluding carboxylic acids is 1. The molecule has 0 bridgehead atoms. The molecule has 110 valence electrons. The summed E-state index contributed by atoms with van der Waals surface area (Å²) in [5, 5.41) is 29.3. The third kappa shape index (κ3) is 4.01. The van der Waals surface area contributed by atoms with E-state index in [-0.39, 0.29) is 24.5 Å². The molecule has 0 saturated carbocycles. The lowest BCUT2D eigenvalue weighted by molar-refractivity contribution is -0.384. The van der Waals surface area contributed by atoms with Crippen LogP contribution in [0, 0.1) is 15.5 Å². The lowest BCUT2D eigenvalue weighted by Crippen LogP contribution is -2.37. The molecule has 0 aliphatic carbocycles. The first-order chi connectivity index (χ1) is 9.27. The number of hydrogen-bond acceptors (Lipinski definition) is 6. The van der Waals surface area contributed by atoms with Crippen LogP contribution in [0.4, 0.5) is 5.69 Å². The normalized spacial score (nSPS) is 12.8. The molecule has 0 spiro atoms. The van der Waals surface area contributed by atoms with E-state index >= 15 is 0 Å². The highest BCUT2D eigenvalue weighted by molar-refractivity contribution is 5.89. The Bertz CT molecular complexity index is 482. The van der Waals surface area contributed by atoms with Gasteiger partial charge in [0.2, 0.25) is 0 Å². The molecule has 0 heterocycles. The average molecular weight is 283 g/mol. The molecule has 7 heteroatoms. The fourth-order valence-electron chi connectivity index (χ4n) is 1.29. The van der Waals surface area contributed by atoms with Crippen molar-refractivity contribution in [3.8, 4) is 0 Å². The number of rotatable bonds is 6. The van der Waals surface area contributed by atoms with Crippen LogP contribution in [0.3, 0.4) is 0 Å². The molecule has 0 aromatic heterocycles. The summed E-state index contributed by atoms with van der Waals surface area (Å²) in [6.45, 7) is 2.77. The summed E-state index contributed by atoms with van der Waals surface area (Å²) < 4.78 is 4.91. The van der Waals surface area contributed by atoms with Gasteiger partial charge in [0.25, 0.3) is 5.69 Å². The van der Waals surface area contributed by atoms with Crippen molar-refractivity contribution in [3.05, 3.63) is 39.9 Å². The van der Waals surface area contributed by atoms with E-state index in [1.54, 1.807) is 13.8 Å². The van der Waals surface area contributed by atoms with Gasteiger partial charge in [-0.15, -0.1) is 0 Å². The minimum absolute atomic E-state index is 0.122. The zero-order valence-corrected chi connectivity index (χ0v) is 11.3. The summed E-state index contributed by atoms with van der Waals surface area (Å²) in [7, 11) is 0. The molecular formula is C13H17NO6. The van der Waals surface area contributed by atoms with Crippen LogP contribution in [0.1, 0.15) is 24.2 Å². The first-order valence-corrected chi connectivity index (χ1v) is 5.98. The van der Waals surface area contributed by atoms with Crippen molar-refractivity contribution >= 4 is 11.7 Å². The highest BCUT2D eigenvalue weighted by Crippen LogP contribution is 2.20. The van der Waals surface area contributed by atoms with Crippen LogP contribution in [0.5, 0.6) is 0 Å². The van der Waals surface area contributed by atoms with Crippen molar-refractivity contribution < 1.29 is 24.7 Å². The number of esters is 1. The van der Waals surface area contributed by atoms with E-state index in [2.05, 4.69) is 0 Å². The predicted molar refractivity (Wildman–Crippen MR) is 70.3 cm³/mol. The minimum Gasteiger partial charge on any atom is -0.459 e. The van der Waals surface area contributed by atoms with Crippen LogP contribution in [0.25, 0.3) is 0 Å². The van der Waals surface area contributed by atoms with Crippen molar-refractivity contribution in [1.29, 1.82) is 0 Å². The summed E-state index contributed by atoms with van der Waals surface area (Å²) >= 11 is 0. The van der Waals surface area contributed by atoms with Gasteiger partial charge in [0.05, 0.1) is 23.2 Å². The topological polar surface area (TPSA) is 110 Å². The largest absolute Gasteiger partial charge is 0.459 e. The third-order valence-electron chi connectivity index (χ3n) is 3.00. The second kappa shape index (κ2) is 6.44. The van der Waals surface area contributed by atoms with E-state index in [0.29, 0.717) is 0 Å². The van der Waals surface area contributed by atoms with Crippen LogP contribution >= 0.6 is 0 Å². The van der Waals surface area contributed by atoms with Crippen molar-refractivity contribution in [2.24, 2.45) is 5.41 Å². The van der Waals surface area contributed by atoms with E-state index in [0.717, 1.165) is 0 Å². The summed E-state index contributed by atoms with van der Waals surface area (Å²) in [4.78, 5) is 21.6. The van der Waals surface area contributed by atoms with E-state index in [1.165, 1.54) is 24.3 Å². The van der Waals surface area contributed by atoms with Gasteiger partial charge in [-0.05, 0) is 12.1 Å². The molecule has 0 amide bonds. The molecule has 0 aliphatic rings. The lowest BCUT2D eigenvalue weighted by Gasteiger charge is -2.27. The number of hydrogen-bond donors (Lipinski definition) is 2. The quantitative estimate of drug-likeness (QED) is 0.460. The number of carbonyl (C=O) groups is 1. The molecular weight excluding hydrogens is 266 g/mol. The third-order valence-corrected chi connectivity index (χ3v) is 3.00. The molecule has 0 unspecified atom stereocenters. The van der Waals surface area contributed by atoms with E-state index in [9.17, 15) is 20.0 Å². The van der Waals surface area contributed by atoms with Gasteiger partial charge in [0.1, 0.15) is 6.61 Å². The molecule has 20 heavy (non-hydrogen) atoms. The molecule has 1 rings (SSSR count). The van der Waals surface area contributed by atoms with Gasteiger partial charge in [0, 0.05) is 17.5 Å². The number of aliphatic hydroxyl groups excluding tert-OH is 2. The zero-order valence-electron chi connectivity index (χ0n) is 11.3. The molecule has 1 aromatic rings. The molecule has 1 atom stereocenters. The number of benzene rings is 1. The van der Waals surface area contributed by atoms with Crippen molar-refractivity contribution in [3.63, 3.8) is 0 Å². The number of nitrogens with zero attached hydrogens (tertiary/aromatic N) is 1. The van der Waals surface area contributed by atoms with Gasteiger partial charge < -0.3 is 14.9 Å². The number of aliphatic hydroxyl groups is 2. The Balaban J connectivity index is 2.61. The molecule has 2 N–H and O–H groups in total. The summed E-state index contributed by atoms with van der Waals surface area (Å²) in [5.74, 6) is -0.687. The molecule has 1 aromatic carbocycles. The highest BCUT2D eigenvalue weighted by atomic mass is 16.6. The minimum atomic E-state index is -1.01. The molecule has 0 saturated heterocycles. The molecule has 0 radical (unpaired) electrons. The van der Waals surface area contributed by atoms with Crippen LogP contribution in [0.15, 0.2) is 24.3 Å². The first-order valence-electron chi connectivity index (χ1n) is 5.98. The first kappa shape index (κ1) is 16.1. The van der Waals surface area contributed by atoms with Crippen LogP contribution < -0.4 is 0 Å². The predicted octanol–water partition coefficient (Wildman–Crippen LogP) is 1.13. The summed E-state index contributed by atoms with van der Waals surface area (Å²) in [6.07, 6.45) is -1.01. The van der Waals surface area contributed by atoms with Gasteiger partial charge in [-0.3, -0.25) is 10.1 Å². The Morgan fingerprint density at radius 1 is 1.40 bits per heavy atom. The second-order valence-electron chi connectivity index (χ2n) is 5.06. The SMILES string of the molecule is CC(C)(CO)[C@@H](O)COC(=O)c1ccc([N+](=O)[O-])cc1. The molecule has 0 aliphatic heterocycles. The van der Waals surface area contributed by atoms with E-state index in [4.69, 9.17) is 9.84 Å². The highest BCUT2D eigenvalue weighted by Gasteiger charge is 2.28. The summed E-state index contributed by atoms with van der Waals surface area (Å²) in [6, 6.07) is 4.96. The van der Waals surface area contributed by atoms with Crippen LogP contribution in [-0.4, -0.2) is 40.4 Å². The number of nitro groups is 1. The summed E-state index contributed by atoms with van der Waals surface area (Å²) in [5.41, 5.74) is -0.747. The Labute approximate surface area is 116 Å². The van der Waals surface area contributed by atoms with E-state index < -0.39 is 22.4 Å². The van der Waals surface area contributed by atoms with Gasteiger partial charge in [-0.2, -0.15) is 0 Å². The maximum Gasteiger partial charge on any atom is 0.338 e. The maximum atomic E-state index is 11.7. The monoisotopic (exact) mass is 283 g/mol. The van der Waals surface area contributed by atoms with Gasteiger partial charge in [0.15, 0.2) is 0 Å². The van der Waals surface area contributed by atoms with Crippen molar-refractivity contribution in [2.45, 2.75) is 20.0 Å². The Kier molecular flexibility index (Phi) is 5.18. The Morgan fingerprint density at radius 3 is 2.40 bits per heavy atom. The van der Waals surface area contributed by atoms with Crippen molar-refractivity contribution in [2.75, 3.05) is 13.2 Å². The van der Waals surface area contributed by atoms with Crippen LogP contribution in [0.2, 0.25) is 0 Å². The maximum absolute atomic E-state index is 11.7. The van der Waals surface area contributed by atoms with Crippen molar-refractivity contribution in [1.82, 2.24) is 0 Å². The van der Waals surface area contributed by atoms with Crippen LogP contribution in [-0.2, 0) is 4.74 Å². The molecule has 7 nitrogen and oxygen atoms in total. The van der Waals surface area contributed by atoms with Gasteiger partial charge >= 0.3 is 5.97 Å². The number of ether oxygens (including phenoxy) is 1. The number of nitro benzene ring substituents is 1. The zero-order chi connectivity index (χ0) is 15.3. The fourth-order valence-corrected chi connectivity index (χ4v) is 1.29. The molecule has 0 fully saturated rings. The standard InChI is InChI=1S/C13H17NO6/c1-13(2,8-15)11(16)7-20-12(17)9-3-5-10(6-4-9)14(18)19/h3-6,11,15-16H,7-8H2,1-2H3/t11-/m0/s1. The smallest absolute Gasteiger partial charge is 0.338 e. The second-order valence-corrected chi connectivity index (χ2v) is 5.06. The average Bonchev–Trinajstić information content (AvgIpc) is 2.44. The fraction of sp³-hybridized carbons (Fsp3) is 0.462. The lowest BCUT2D eigenvalue weighted by atomic mass is 9.88.